The second-order valence-electron chi connectivity index (χ2n) is 5.25. The quantitative estimate of drug-likeness (QED) is 0.638. The summed E-state index contributed by atoms with van der Waals surface area (Å²) in [6, 6.07) is 9.18. The van der Waals surface area contributed by atoms with Crippen LogP contribution in [0.3, 0.4) is 0 Å². The third-order valence-corrected chi connectivity index (χ3v) is 3.68. The molecule has 0 radical (unpaired) electrons. The van der Waals surface area contributed by atoms with Crippen molar-refractivity contribution in [1.29, 1.82) is 0 Å². The predicted octanol–water partition coefficient (Wildman–Crippen LogP) is 3.39. The molecule has 2 aromatic rings. The standard InChI is InChI=1S/C17H18N2O2/c20-17(21-13-14-6-2-1-3-7-14)15-8-4-9-16(12-15)19-11-5-10-18-19/h1-2,4-5,8-12,14H,3,6-7,13H2. The summed E-state index contributed by atoms with van der Waals surface area (Å²) in [4.78, 5) is 12.1. The summed E-state index contributed by atoms with van der Waals surface area (Å²) in [7, 11) is 0. The van der Waals surface area contributed by atoms with Crippen LogP contribution in [0.25, 0.3) is 5.69 Å². The summed E-state index contributed by atoms with van der Waals surface area (Å²) in [5, 5.41) is 4.16. The van der Waals surface area contributed by atoms with Gasteiger partial charge in [0.25, 0.3) is 0 Å². The number of hydrogen-bond donors (Lipinski definition) is 0. The van der Waals surface area contributed by atoms with Gasteiger partial charge in [0, 0.05) is 12.4 Å². The summed E-state index contributed by atoms with van der Waals surface area (Å²) < 4.78 is 7.16. The molecule has 0 amide bonds. The summed E-state index contributed by atoms with van der Waals surface area (Å²) in [6.07, 6.45) is 11.1. The lowest BCUT2D eigenvalue weighted by atomic mass is 9.95. The molecule has 0 N–H and O–H groups in total. The normalized spacial score (nSPS) is 17.6. The van der Waals surface area contributed by atoms with Gasteiger partial charge in [-0.25, -0.2) is 9.48 Å². The maximum Gasteiger partial charge on any atom is 0.338 e. The largest absolute Gasteiger partial charge is 0.462 e. The highest BCUT2D eigenvalue weighted by Crippen LogP contribution is 2.19. The molecule has 21 heavy (non-hydrogen) atoms. The molecule has 4 heteroatoms. The summed E-state index contributed by atoms with van der Waals surface area (Å²) in [6.45, 7) is 0.495. The average Bonchev–Trinajstić information content (AvgIpc) is 3.08. The Balaban J connectivity index is 1.64. The van der Waals surface area contributed by atoms with E-state index >= 15 is 0 Å². The molecule has 3 rings (SSSR count). The summed E-state index contributed by atoms with van der Waals surface area (Å²) in [5.74, 6) is 0.187. The molecule has 0 bridgehead atoms. The highest BCUT2D eigenvalue weighted by molar-refractivity contribution is 5.90. The van der Waals surface area contributed by atoms with Gasteiger partial charge in [-0.2, -0.15) is 5.10 Å². The van der Waals surface area contributed by atoms with Crippen molar-refractivity contribution in [2.45, 2.75) is 19.3 Å². The highest BCUT2D eigenvalue weighted by Gasteiger charge is 2.14. The molecule has 108 valence electrons. The van der Waals surface area contributed by atoms with Gasteiger partial charge in [-0.05, 0) is 49.4 Å². The minimum absolute atomic E-state index is 0.265. The topological polar surface area (TPSA) is 44.1 Å². The van der Waals surface area contributed by atoms with Gasteiger partial charge in [0.2, 0.25) is 0 Å². The van der Waals surface area contributed by atoms with E-state index in [0.29, 0.717) is 18.1 Å². The minimum Gasteiger partial charge on any atom is -0.462 e. The lowest BCUT2D eigenvalue weighted by molar-refractivity contribution is 0.0432. The molecule has 1 aliphatic rings. The van der Waals surface area contributed by atoms with E-state index in [1.54, 1.807) is 23.0 Å². The average molecular weight is 282 g/mol. The van der Waals surface area contributed by atoms with Crippen molar-refractivity contribution in [2.24, 2.45) is 5.92 Å². The monoisotopic (exact) mass is 282 g/mol. The van der Waals surface area contributed by atoms with Gasteiger partial charge in [-0.3, -0.25) is 0 Å². The zero-order valence-corrected chi connectivity index (χ0v) is 11.8. The van der Waals surface area contributed by atoms with Crippen molar-refractivity contribution < 1.29 is 9.53 Å². The number of nitrogens with zero attached hydrogens (tertiary/aromatic N) is 2. The van der Waals surface area contributed by atoms with Gasteiger partial charge >= 0.3 is 5.97 Å². The Morgan fingerprint density at radius 1 is 1.33 bits per heavy atom. The van der Waals surface area contributed by atoms with Crippen LogP contribution in [0.2, 0.25) is 0 Å². The zero-order valence-electron chi connectivity index (χ0n) is 11.8. The Labute approximate surface area is 124 Å². The van der Waals surface area contributed by atoms with Crippen molar-refractivity contribution in [1.82, 2.24) is 9.78 Å². The smallest absolute Gasteiger partial charge is 0.338 e. The summed E-state index contributed by atoms with van der Waals surface area (Å²) >= 11 is 0. The number of benzene rings is 1. The maximum atomic E-state index is 12.1. The lowest BCUT2D eigenvalue weighted by Crippen LogP contribution is -2.15. The van der Waals surface area contributed by atoms with Crippen LogP contribution >= 0.6 is 0 Å². The van der Waals surface area contributed by atoms with Crippen LogP contribution < -0.4 is 0 Å². The molecular weight excluding hydrogens is 264 g/mol. The number of hydrogen-bond acceptors (Lipinski definition) is 3. The highest BCUT2D eigenvalue weighted by atomic mass is 16.5. The van der Waals surface area contributed by atoms with Crippen LogP contribution in [-0.4, -0.2) is 22.4 Å². The molecule has 0 saturated carbocycles. The Hall–Kier alpha value is -2.36. The van der Waals surface area contributed by atoms with Gasteiger partial charge in [0.1, 0.15) is 0 Å². The maximum absolute atomic E-state index is 12.1. The molecule has 1 aromatic heterocycles. The van der Waals surface area contributed by atoms with E-state index in [9.17, 15) is 4.79 Å². The Morgan fingerprint density at radius 3 is 3.05 bits per heavy atom. The molecule has 0 saturated heterocycles. The van der Waals surface area contributed by atoms with Gasteiger partial charge in [0.15, 0.2) is 0 Å². The number of esters is 1. The molecular formula is C17H18N2O2. The molecule has 1 heterocycles. The lowest BCUT2D eigenvalue weighted by Gasteiger charge is -2.17. The van der Waals surface area contributed by atoms with Crippen LogP contribution in [0.4, 0.5) is 0 Å². The van der Waals surface area contributed by atoms with Crippen molar-refractivity contribution in [3.63, 3.8) is 0 Å². The van der Waals surface area contributed by atoms with Gasteiger partial charge in [-0.1, -0.05) is 18.2 Å². The van der Waals surface area contributed by atoms with Gasteiger partial charge < -0.3 is 4.74 Å². The van der Waals surface area contributed by atoms with Crippen molar-refractivity contribution in [3.05, 3.63) is 60.4 Å². The van der Waals surface area contributed by atoms with Crippen molar-refractivity contribution in [2.75, 3.05) is 6.61 Å². The molecule has 0 fully saturated rings. The number of aromatic nitrogens is 2. The molecule has 0 spiro atoms. The Kier molecular flexibility index (Phi) is 4.15. The third kappa shape index (κ3) is 3.40. The van der Waals surface area contributed by atoms with Gasteiger partial charge in [0.05, 0.1) is 17.9 Å². The fourth-order valence-electron chi connectivity index (χ4n) is 2.48. The van der Waals surface area contributed by atoms with Crippen LogP contribution in [0.15, 0.2) is 54.9 Å². The molecule has 1 unspecified atom stereocenters. The van der Waals surface area contributed by atoms with E-state index in [1.165, 1.54) is 0 Å². The number of rotatable bonds is 4. The fraction of sp³-hybridized carbons (Fsp3) is 0.294. The first kappa shape index (κ1) is 13.6. The molecule has 1 atom stereocenters. The van der Waals surface area contributed by atoms with Crippen LogP contribution in [-0.2, 0) is 4.74 Å². The molecule has 4 nitrogen and oxygen atoms in total. The van der Waals surface area contributed by atoms with Crippen LogP contribution in [0.5, 0.6) is 0 Å². The van der Waals surface area contributed by atoms with E-state index < -0.39 is 0 Å². The first-order valence-corrected chi connectivity index (χ1v) is 7.25. The van der Waals surface area contributed by atoms with E-state index in [2.05, 4.69) is 17.3 Å². The van der Waals surface area contributed by atoms with Crippen molar-refractivity contribution in [3.8, 4) is 5.69 Å². The first-order valence-electron chi connectivity index (χ1n) is 7.25. The van der Waals surface area contributed by atoms with E-state index in [1.807, 2.05) is 24.4 Å². The molecule has 1 aromatic carbocycles. The second kappa shape index (κ2) is 6.39. The van der Waals surface area contributed by atoms with Crippen LogP contribution in [0.1, 0.15) is 29.6 Å². The SMILES string of the molecule is O=C(OCC1CC=CCC1)c1cccc(-n2cccn2)c1. The Bertz CT molecular complexity index is 632. The number of allylic oxidation sites excluding steroid dienone is 2. The molecule has 0 aliphatic heterocycles. The molecule has 1 aliphatic carbocycles. The van der Waals surface area contributed by atoms with Crippen molar-refractivity contribution >= 4 is 5.97 Å². The Morgan fingerprint density at radius 2 is 2.29 bits per heavy atom. The predicted molar refractivity (Wildman–Crippen MR) is 80.3 cm³/mol. The fourth-order valence-corrected chi connectivity index (χ4v) is 2.48. The van der Waals surface area contributed by atoms with E-state index in [0.717, 1.165) is 24.9 Å². The number of ether oxygens (including phenoxy) is 1. The third-order valence-electron chi connectivity index (χ3n) is 3.68. The van der Waals surface area contributed by atoms with Gasteiger partial charge in [-0.15, -0.1) is 0 Å². The summed E-state index contributed by atoms with van der Waals surface area (Å²) in [5.41, 5.74) is 1.42. The first-order chi connectivity index (χ1) is 10.3. The minimum atomic E-state index is -0.265. The zero-order chi connectivity index (χ0) is 14.5. The van der Waals surface area contributed by atoms with Crippen LogP contribution in [0, 0.1) is 5.92 Å². The second-order valence-corrected chi connectivity index (χ2v) is 5.25. The van der Waals surface area contributed by atoms with E-state index in [4.69, 9.17) is 4.74 Å². The van der Waals surface area contributed by atoms with E-state index in [-0.39, 0.29) is 5.97 Å². The number of carbonyl (C=O) groups excluding carboxylic acids is 1. The number of carbonyl (C=O) groups is 1.